The Balaban J connectivity index is 1.36. The first-order valence-corrected chi connectivity index (χ1v) is 13.3. The van der Waals surface area contributed by atoms with Gasteiger partial charge in [0.2, 0.25) is 0 Å². The smallest absolute Gasteiger partial charge is 0.150 e. The molecule has 0 aliphatic carbocycles. The molecule has 3 aromatic carbocycles. The molecule has 5 heteroatoms. The van der Waals surface area contributed by atoms with Crippen molar-refractivity contribution in [3.8, 4) is 39.1 Å². The van der Waals surface area contributed by atoms with E-state index in [2.05, 4.69) is 116 Å². The van der Waals surface area contributed by atoms with Crippen molar-refractivity contribution in [3.05, 3.63) is 140 Å². The van der Waals surface area contributed by atoms with Crippen LogP contribution in [0.2, 0.25) is 0 Å². The van der Waals surface area contributed by atoms with Crippen LogP contribution in [0.1, 0.15) is 0 Å². The number of hydrogen-bond acceptors (Lipinski definition) is 3. The lowest BCUT2D eigenvalue weighted by Gasteiger charge is -2.13. The standard InChI is InChI=1S/C35H23N5/c1-2-13-32-31(12-1)34-35(39-17-4-3-14-33(39)38-34)40(32)30-11-5-8-24(21-30)27-18-28(25-9-6-15-36-22-25)20-29(19-27)26-10-7-16-37-23-26/h1-23H. The first-order chi connectivity index (χ1) is 19.8. The minimum absolute atomic E-state index is 0.938. The maximum atomic E-state index is 4.99. The summed E-state index contributed by atoms with van der Waals surface area (Å²) in [6.07, 6.45) is 9.52. The summed E-state index contributed by atoms with van der Waals surface area (Å²) in [7, 11) is 0. The lowest BCUT2D eigenvalue weighted by molar-refractivity contribution is 1.09. The molecule has 0 atom stereocenters. The highest BCUT2D eigenvalue weighted by Crippen LogP contribution is 2.36. The van der Waals surface area contributed by atoms with Gasteiger partial charge < -0.3 is 0 Å². The SMILES string of the molecule is c1cncc(-c2cc(-c3cccnc3)cc(-c3cccc(-n4c5ccccc5c5nc6ccccn6c54)c3)c2)c1. The monoisotopic (exact) mass is 513 g/mol. The van der Waals surface area contributed by atoms with Crippen LogP contribution in [0.4, 0.5) is 0 Å². The van der Waals surface area contributed by atoms with E-state index in [4.69, 9.17) is 4.98 Å². The Labute approximate surface area is 230 Å². The average molecular weight is 514 g/mol. The maximum absolute atomic E-state index is 4.99. The zero-order valence-corrected chi connectivity index (χ0v) is 21.5. The van der Waals surface area contributed by atoms with Crippen LogP contribution in [0.5, 0.6) is 0 Å². The van der Waals surface area contributed by atoms with E-state index in [0.29, 0.717) is 0 Å². The summed E-state index contributed by atoms with van der Waals surface area (Å²) in [5.41, 5.74) is 11.9. The van der Waals surface area contributed by atoms with Crippen LogP contribution in [-0.4, -0.2) is 23.9 Å². The Bertz CT molecular complexity index is 2090. The van der Waals surface area contributed by atoms with Crippen molar-refractivity contribution in [1.82, 2.24) is 23.9 Å². The molecule has 0 aliphatic heterocycles. The topological polar surface area (TPSA) is 48.0 Å². The first-order valence-electron chi connectivity index (χ1n) is 13.3. The second kappa shape index (κ2) is 9.03. The van der Waals surface area contributed by atoms with Gasteiger partial charge in [0.05, 0.1) is 5.52 Å². The molecular formula is C35H23N5. The van der Waals surface area contributed by atoms with Gasteiger partial charge in [-0.1, -0.05) is 48.5 Å². The Kier molecular flexibility index (Phi) is 5.07. The van der Waals surface area contributed by atoms with Gasteiger partial charge in [0.25, 0.3) is 0 Å². The van der Waals surface area contributed by atoms with Crippen LogP contribution in [0, 0.1) is 0 Å². The number of pyridine rings is 3. The lowest BCUT2D eigenvalue weighted by Crippen LogP contribution is -1.97. The third kappa shape index (κ3) is 3.60. The fourth-order valence-corrected chi connectivity index (χ4v) is 5.64. The normalized spacial score (nSPS) is 11.5. The van der Waals surface area contributed by atoms with Gasteiger partial charge in [0.15, 0.2) is 5.65 Å². The van der Waals surface area contributed by atoms with Crippen LogP contribution in [0.15, 0.2) is 140 Å². The highest BCUT2D eigenvalue weighted by molar-refractivity contribution is 6.07. The zero-order chi connectivity index (χ0) is 26.5. The summed E-state index contributed by atoms with van der Waals surface area (Å²) < 4.78 is 4.49. The zero-order valence-electron chi connectivity index (χ0n) is 21.5. The van der Waals surface area contributed by atoms with Crippen molar-refractivity contribution < 1.29 is 0 Å². The highest BCUT2D eigenvalue weighted by atomic mass is 15.1. The minimum atomic E-state index is 0.938. The van der Waals surface area contributed by atoms with Gasteiger partial charge >= 0.3 is 0 Å². The molecular weight excluding hydrogens is 490 g/mol. The second-order valence-corrected chi connectivity index (χ2v) is 9.90. The maximum Gasteiger partial charge on any atom is 0.150 e. The Morgan fingerprint density at radius 1 is 0.525 bits per heavy atom. The summed E-state index contributed by atoms with van der Waals surface area (Å²) in [5.74, 6) is 0. The molecule has 0 saturated carbocycles. The number of hydrogen-bond donors (Lipinski definition) is 0. The average Bonchev–Trinajstić information content (AvgIpc) is 3.57. The third-order valence-electron chi connectivity index (χ3n) is 7.48. The van der Waals surface area contributed by atoms with Gasteiger partial charge in [-0.15, -0.1) is 0 Å². The van der Waals surface area contributed by atoms with E-state index in [1.54, 1.807) is 12.4 Å². The van der Waals surface area contributed by atoms with Gasteiger partial charge in [0, 0.05) is 53.2 Å². The fourth-order valence-electron chi connectivity index (χ4n) is 5.64. The molecule has 5 aromatic heterocycles. The third-order valence-corrected chi connectivity index (χ3v) is 7.48. The van der Waals surface area contributed by atoms with E-state index in [1.807, 2.05) is 30.6 Å². The predicted octanol–water partition coefficient (Wildman–Crippen LogP) is 8.22. The van der Waals surface area contributed by atoms with E-state index < -0.39 is 0 Å². The Morgan fingerprint density at radius 3 is 1.93 bits per heavy atom. The molecule has 188 valence electrons. The van der Waals surface area contributed by atoms with E-state index in [0.717, 1.165) is 66.8 Å². The second-order valence-electron chi connectivity index (χ2n) is 9.90. The summed E-state index contributed by atoms with van der Waals surface area (Å²) >= 11 is 0. The minimum Gasteiger partial charge on any atom is -0.294 e. The lowest BCUT2D eigenvalue weighted by atomic mass is 9.94. The van der Waals surface area contributed by atoms with E-state index in [9.17, 15) is 0 Å². The Morgan fingerprint density at radius 2 is 1.20 bits per heavy atom. The van der Waals surface area contributed by atoms with Crippen molar-refractivity contribution in [3.63, 3.8) is 0 Å². The molecule has 0 spiro atoms. The van der Waals surface area contributed by atoms with Crippen LogP contribution in [-0.2, 0) is 0 Å². The number of benzene rings is 3. The van der Waals surface area contributed by atoms with Crippen LogP contribution < -0.4 is 0 Å². The van der Waals surface area contributed by atoms with Gasteiger partial charge in [0.1, 0.15) is 11.2 Å². The molecule has 0 amide bonds. The summed E-state index contributed by atoms with van der Waals surface area (Å²) in [5, 5.41) is 1.14. The Hall–Kier alpha value is -5.55. The van der Waals surface area contributed by atoms with Crippen molar-refractivity contribution in [2.75, 3.05) is 0 Å². The quantitative estimate of drug-likeness (QED) is 0.238. The highest BCUT2D eigenvalue weighted by Gasteiger charge is 2.18. The molecule has 0 unspecified atom stereocenters. The van der Waals surface area contributed by atoms with E-state index in [-0.39, 0.29) is 0 Å². The van der Waals surface area contributed by atoms with Crippen LogP contribution in [0.25, 0.3) is 66.8 Å². The molecule has 0 aliphatic rings. The van der Waals surface area contributed by atoms with Gasteiger partial charge in [-0.3, -0.25) is 18.9 Å². The molecule has 0 fully saturated rings. The van der Waals surface area contributed by atoms with Gasteiger partial charge in [-0.25, -0.2) is 4.98 Å². The van der Waals surface area contributed by atoms with Crippen LogP contribution >= 0.6 is 0 Å². The van der Waals surface area contributed by atoms with Gasteiger partial charge in [-0.2, -0.15) is 0 Å². The first kappa shape index (κ1) is 22.4. The number of fused-ring (bicyclic) bond motifs is 5. The molecule has 8 aromatic rings. The van der Waals surface area contributed by atoms with Crippen molar-refractivity contribution in [1.29, 1.82) is 0 Å². The van der Waals surface area contributed by atoms with Gasteiger partial charge in [-0.05, 0) is 82.9 Å². The van der Waals surface area contributed by atoms with Crippen LogP contribution in [0.3, 0.4) is 0 Å². The van der Waals surface area contributed by atoms with E-state index in [1.165, 1.54) is 0 Å². The molecule has 5 heterocycles. The number of rotatable bonds is 4. The number of aromatic nitrogens is 5. The molecule has 0 saturated heterocycles. The summed E-state index contributed by atoms with van der Waals surface area (Å²) in [4.78, 5) is 13.7. The number of nitrogens with zero attached hydrogens (tertiary/aromatic N) is 5. The van der Waals surface area contributed by atoms with Crippen molar-refractivity contribution >= 4 is 27.7 Å². The number of para-hydroxylation sites is 1. The molecule has 0 radical (unpaired) electrons. The van der Waals surface area contributed by atoms with Crippen molar-refractivity contribution in [2.45, 2.75) is 0 Å². The van der Waals surface area contributed by atoms with Crippen molar-refractivity contribution in [2.24, 2.45) is 0 Å². The fraction of sp³-hybridized carbons (Fsp3) is 0. The predicted molar refractivity (Wildman–Crippen MR) is 161 cm³/mol. The largest absolute Gasteiger partial charge is 0.294 e. The molecule has 40 heavy (non-hydrogen) atoms. The van der Waals surface area contributed by atoms with E-state index >= 15 is 0 Å². The molecule has 0 bridgehead atoms. The molecule has 5 nitrogen and oxygen atoms in total. The summed E-state index contributed by atoms with van der Waals surface area (Å²) in [6.45, 7) is 0. The molecule has 8 rings (SSSR count). The number of imidazole rings is 1. The summed E-state index contributed by atoms with van der Waals surface area (Å²) in [6, 6.07) is 38.2. The molecule has 0 N–H and O–H groups in total.